The molecular formula is C8H12O3. The number of carboxylic acid groups (broad SMARTS) is 1. The van der Waals surface area contributed by atoms with E-state index >= 15 is 0 Å². The lowest BCUT2D eigenvalue weighted by molar-refractivity contribution is -0.165. The Bertz CT molecular complexity index is 201. The molecule has 0 unspecified atom stereocenters. The average Bonchev–Trinajstić information content (AvgIpc) is 2.61. The van der Waals surface area contributed by atoms with Crippen molar-refractivity contribution >= 4 is 5.97 Å². The van der Waals surface area contributed by atoms with Gasteiger partial charge in [0.1, 0.15) is 0 Å². The van der Waals surface area contributed by atoms with Gasteiger partial charge in [0.25, 0.3) is 0 Å². The lowest BCUT2D eigenvalue weighted by Crippen LogP contribution is -2.49. The van der Waals surface area contributed by atoms with Crippen molar-refractivity contribution in [2.45, 2.75) is 37.7 Å². The first-order chi connectivity index (χ1) is 5.11. The topological polar surface area (TPSA) is 57.5 Å². The van der Waals surface area contributed by atoms with Gasteiger partial charge in [0, 0.05) is 0 Å². The quantitative estimate of drug-likeness (QED) is 0.620. The number of aliphatic hydroxyl groups is 1. The first kappa shape index (κ1) is 7.10. The number of carboxylic acids is 1. The maximum Gasteiger partial charge on any atom is 0.312 e. The van der Waals surface area contributed by atoms with Crippen molar-refractivity contribution in [1.29, 1.82) is 0 Å². The third-order valence-corrected chi connectivity index (χ3v) is 3.23. The molecule has 0 aromatic heterocycles. The van der Waals surface area contributed by atoms with E-state index in [-0.39, 0.29) is 0 Å². The molecule has 0 atom stereocenters. The molecule has 2 aliphatic rings. The Morgan fingerprint density at radius 2 is 1.73 bits per heavy atom. The fraction of sp³-hybridized carbons (Fsp3) is 0.875. The van der Waals surface area contributed by atoms with E-state index in [1.165, 1.54) is 0 Å². The van der Waals surface area contributed by atoms with Gasteiger partial charge in [-0.2, -0.15) is 0 Å². The van der Waals surface area contributed by atoms with E-state index < -0.39 is 17.0 Å². The van der Waals surface area contributed by atoms with Crippen LogP contribution in [0.1, 0.15) is 32.1 Å². The molecule has 2 N–H and O–H groups in total. The van der Waals surface area contributed by atoms with Crippen LogP contribution in [-0.2, 0) is 4.79 Å². The molecular weight excluding hydrogens is 144 g/mol. The van der Waals surface area contributed by atoms with Gasteiger partial charge in [0.05, 0.1) is 11.0 Å². The van der Waals surface area contributed by atoms with Crippen LogP contribution in [0.25, 0.3) is 0 Å². The smallest absolute Gasteiger partial charge is 0.312 e. The molecule has 0 saturated heterocycles. The average molecular weight is 156 g/mol. The zero-order valence-corrected chi connectivity index (χ0v) is 6.34. The van der Waals surface area contributed by atoms with Gasteiger partial charge in [-0.3, -0.25) is 4.79 Å². The van der Waals surface area contributed by atoms with Crippen LogP contribution in [0.5, 0.6) is 0 Å². The van der Waals surface area contributed by atoms with Crippen molar-refractivity contribution in [2.24, 2.45) is 5.41 Å². The zero-order chi connectivity index (χ0) is 8.11. The zero-order valence-electron chi connectivity index (χ0n) is 6.34. The van der Waals surface area contributed by atoms with Crippen molar-refractivity contribution in [3.05, 3.63) is 0 Å². The van der Waals surface area contributed by atoms with Crippen LogP contribution in [0.15, 0.2) is 0 Å². The number of hydrogen-bond donors (Lipinski definition) is 2. The minimum Gasteiger partial charge on any atom is -0.481 e. The van der Waals surface area contributed by atoms with E-state index in [2.05, 4.69) is 0 Å². The summed E-state index contributed by atoms with van der Waals surface area (Å²) >= 11 is 0. The van der Waals surface area contributed by atoms with Crippen molar-refractivity contribution < 1.29 is 15.0 Å². The molecule has 2 aliphatic carbocycles. The predicted molar refractivity (Wildman–Crippen MR) is 38.1 cm³/mol. The van der Waals surface area contributed by atoms with Crippen LogP contribution in [0.2, 0.25) is 0 Å². The van der Waals surface area contributed by atoms with Crippen molar-refractivity contribution in [3.8, 4) is 0 Å². The first-order valence-corrected chi connectivity index (χ1v) is 4.07. The molecule has 0 aromatic rings. The highest BCUT2D eigenvalue weighted by atomic mass is 16.4. The molecule has 3 heteroatoms. The number of aliphatic carboxylic acids is 1. The Hall–Kier alpha value is -0.570. The highest BCUT2D eigenvalue weighted by Crippen LogP contribution is 2.61. The fourth-order valence-corrected chi connectivity index (χ4v) is 1.99. The standard InChI is InChI=1S/C8H12O3/c9-6(10)7(4-5-7)8(11)2-1-3-8/h11H,1-5H2,(H,9,10). The number of carbonyl (C=O) groups is 1. The summed E-state index contributed by atoms with van der Waals surface area (Å²) in [5, 5.41) is 18.6. The summed E-state index contributed by atoms with van der Waals surface area (Å²) < 4.78 is 0. The number of rotatable bonds is 2. The Balaban J connectivity index is 2.19. The lowest BCUT2D eigenvalue weighted by atomic mass is 9.69. The van der Waals surface area contributed by atoms with E-state index in [4.69, 9.17) is 5.11 Å². The molecule has 0 bridgehead atoms. The normalized spacial score (nSPS) is 30.6. The molecule has 11 heavy (non-hydrogen) atoms. The van der Waals surface area contributed by atoms with Gasteiger partial charge in [-0.05, 0) is 32.1 Å². The molecule has 0 amide bonds. The third kappa shape index (κ3) is 0.692. The minimum absolute atomic E-state index is 0.666. The molecule has 62 valence electrons. The molecule has 0 aliphatic heterocycles. The number of hydrogen-bond acceptors (Lipinski definition) is 2. The first-order valence-electron chi connectivity index (χ1n) is 4.07. The van der Waals surface area contributed by atoms with Gasteiger partial charge in [-0.1, -0.05) is 0 Å². The van der Waals surface area contributed by atoms with Gasteiger partial charge >= 0.3 is 5.97 Å². The highest BCUT2D eigenvalue weighted by molar-refractivity contribution is 5.79. The monoisotopic (exact) mass is 156 g/mol. The largest absolute Gasteiger partial charge is 0.481 e. The van der Waals surface area contributed by atoms with E-state index in [1.807, 2.05) is 0 Å². The Kier molecular flexibility index (Phi) is 1.15. The summed E-state index contributed by atoms with van der Waals surface area (Å²) in [4.78, 5) is 10.8. The molecule has 3 nitrogen and oxygen atoms in total. The van der Waals surface area contributed by atoms with Gasteiger partial charge in [0.2, 0.25) is 0 Å². The van der Waals surface area contributed by atoms with E-state index in [1.54, 1.807) is 0 Å². The lowest BCUT2D eigenvalue weighted by Gasteiger charge is -2.41. The van der Waals surface area contributed by atoms with E-state index in [0.717, 1.165) is 6.42 Å². The van der Waals surface area contributed by atoms with E-state index in [0.29, 0.717) is 25.7 Å². The van der Waals surface area contributed by atoms with Crippen molar-refractivity contribution in [3.63, 3.8) is 0 Å². The molecule has 2 saturated carbocycles. The third-order valence-electron chi connectivity index (χ3n) is 3.23. The summed E-state index contributed by atoms with van der Waals surface area (Å²) in [7, 11) is 0. The van der Waals surface area contributed by atoms with Crippen LogP contribution in [0.4, 0.5) is 0 Å². The highest BCUT2D eigenvalue weighted by Gasteiger charge is 2.66. The van der Waals surface area contributed by atoms with Crippen LogP contribution >= 0.6 is 0 Å². The summed E-state index contributed by atoms with van der Waals surface area (Å²) in [6.45, 7) is 0. The minimum atomic E-state index is -0.848. The maximum absolute atomic E-state index is 10.8. The molecule has 0 spiro atoms. The molecule has 0 heterocycles. The van der Waals surface area contributed by atoms with Crippen LogP contribution in [0.3, 0.4) is 0 Å². The van der Waals surface area contributed by atoms with Gasteiger partial charge in [-0.15, -0.1) is 0 Å². The SMILES string of the molecule is O=C(O)C1(C2(O)CCC2)CC1. The predicted octanol–water partition coefficient (Wildman–Crippen LogP) is 0.766. The maximum atomic E-state index is 10.8. The molecule has 2 rings (SSSR count). The molecule has 0 aromatic carbocycles. The molecule has 0 radical (unpaired) electrons. The van der Waals surface area contributed by atoms with Crippen molar-refractivity contribution in [2.75, 3.05) is 0 Å². The molecule has 2 fully saturated rings. The Labute approximate surface area is 65.0 Å². The van der Waals surface area contributed by atoms with Crippen LogP contribution in [-0.4, -0.2) is 21.8 Å². The van der Waals surface area contributed by atoms with E-state index in [9.17, 15) is 9.90 Å². The van der Waals surface area contributed by atoms with Gasteiger partial charge in [-0.25, -0.2) is 0 Å². The van der Waals surface area contributed by atoms with Crippen LogP contribution < -0.4 is 0 Å². The second-order valence-electron chi connectivity index (χ2n) is 3.77. The van der Waals surface area contributed by atoms with Crippen LogP contribution in [0, 0.1) is 5.41 Å². The van der Waals surface area contributed by atoms with Crippen molar-refractivity contribution in [1.82, 2.24) is 0 Å². The summed E-state index contributed by atoms with van der Waals surface area (Å²) in [5.41, 5.74) is -1.59. The fourth-order valence-electron chi connectivity index (χ4n) is 1.99. The van der Waals surface area contributed by atoms with Gasteiger partial charge < -0.3 is 10.2 Å². The van der Waals surface area contributed by atoms with Gasteiger partial charge in [0.15, 0.2) is 0 Å². The second-order valence-corrected chi connectivity index (χ2v) is 3.77. The summed E-state index contributed by atoms with van der Waals surface area (Å²) in [6.07, 6.45) is 3.67. The Morgan fingerprint density at radius 1 is 1.18 bits per heavy atom. The summed E-state index contributed by atoms with van der Waals surface area (Å²) in [6, 6.07) is 0. The second kappa shape index (κ2) is 1.78. The Morgan fingerprint density at radius 3 is 1.82 bits per heavy atom. The summed E-state index contributed by atoms with van der Waals surface area (Å²) in [5.74, 6) is -0.806.